The minimum absolute atomic E-state index is 0.199. The van der Waals surface area contributed by atoms with Crippen LogP contribution in [0, 0.1) is 0 Å². The minimum atomic E-state index is 0.199. The molecule has 0 aromatic carbocycles. The summed E-state index contributed by atoms with van der Waals surface area (Å²) in [7, 11) is 0. The molecule has 2 rings (SSSR count). The van der Waals surface area contributed by atoms with Gasteiger partial charge in [0.05, 0.1) is 11.2 Å². The summed E-state index contributed by atoms with van der Waals surface area (Å²) >= 11 is 3.45. The third-order valence-electron chi connectivity index (χ3n) is 2.12. The van der Waals surface area contributed by atoms with Crippen LogP contribution in [-0.4, -0.2) is 28.0 Å². The largest absolute Gasteiger partial charge is 0.359 e. The predicted molar refractivity (Wildman–Crippen MR) is 67.8 cm³/mol. The average molecular weight is 241 g/mol. The summed E-state index contributed by atoms with van der Waals surface area (Å²) in [5.74, 6) is 1.10. The summed E-state index contributed by atoms with van der Waals surface area (Å²) in [4.78, 5) is 8.76. The Bertz CT molecular complexity index is 344. The molecule has 1 aromatic rings. The molecular formula is C10H15N3S2. The molecule has 0 amide bonds. The molecule has 2 heterocycles. The second-order valence-corrected chi connectivity index (χ2v) is 5.90. The number of aromatic nitrogens is 1. The molecule has 82 valence electrons. The van der Waals surface area contributed by atoms with E-state index >= 15 is 0 Å². The highest BCUT2D eigenvalue weighted by molar-refractivity contribution is 8.14. The Morgan fingerprint density at radius 1 is 1.60 bits per heavy atom. The highest BCUT2D eigenvalue weighted by atomic mass is 32.2. The highest BCUT2D eigenvalue weighted by Crippen LogP contribution is 2.21. The molecule has 0 bridgehead atoms. The molecule has 1 aliphatic heterocycles. The van der Waals surface area contributed by atoms with E-state index in [9.17, 15) is 0 Å². The number of rotatable bonds is 3. The Morgan fingerprint density at radius 2 is 2.47 bits per heavy atom. The quantitative estimate of drug-likeness (QED) is 0.881. The van der Waals surface area contributed by atoms with Gasteiger partial charge in [0.1, 0.15) is 0 Å². The fraction of sp³-hybridized carbons (Fsp3) is 0.600. The average Bonchev–Trinajstić information content (AvgIpc) is 2.76. The first kappa shape index (κ1) is 11.0. The minimum Gasteiger partial charge on any atom is -0.359 e. The fourth-order valence-corrected chi connectivity index (χ4v) is 3.02. The van der Waals surface area contributed by atoms with Crippen molar-refractivity contribution >= 4 is 28.3 Å². The van der Waals surface area contributed by atoms with E-state index in [4.69, 9.17) is 0 Å². The van der Waals surface area contributed by atoms with Gasteiger partial charge in [0.2, 0.25) is 0 Å². The molecular weight excluding hydrogens is 226 g/mol. The van der Waals surface area contributed by atoms with Gasteiger partial charge in [-0.25, -0.2) is 4.98 Å². The lowest BCUT2D eigenvalue weighted by Gasteiger charge is -2.15. The third-order valence-corrected chi connectivity index (χ3v) is 4.13. The molecule has 1 fully saturated rings. The smallest absolute Gasteiger partial charge is 0.157 e. The molecule has 1 saturated heterocycles. The summed E-state index contributed by atoms with van der Waals surface area (Å²) < 4.78 is 0. The van der Waals surface area contributed by atoms with Crippen LogP contribution in [0.5, 0.6) is 0 Å². The van der Waals surface area contributed by atoms with Gasteiger partial charge < -0.3 is 5.32 Å². The number of thioether (sulfide) groups is 1. The second kappa shape index (κ2) is 4.53. The van der Waals surface area contributed by atoms with Crippen molar-refractivity contribution in [2.45, 2.75) is 25.8 Å². The maximum atomic E-state index is 4.53. The highest BCUT2D eigenvalue weighted by Gasteiger charge is 2.26. The van der Waals surface area contributed by atoms with Crippen LogP contribution in [0.2, 0.25) is 0 Å². The monoisotopic (exact) mass is 241 g/mol. The van der Waals surface area contributed by atoms with E-state index in [0.29, 0.717) is 0 Å². The lowest BCUT2D eigenvalue weighted by molar-refractivity contribution is 0.536. The first-order valence-electron chi connectivity index (χ1n) is 4.98. The number of amidine groups is 1. The van der Waals surface area contributed by atoms with Gasteiger partial charge in [-0.1, -0.05) is 11.8 Å². The van der Waals surface area contributed by atoms with Crippen molar-refractivity contribution in [1.82, 2.24) is 10.3 Å². The van der Waals surface area contributed by atoms with Gasteiger partial charge >= 0.3 is 0 Å². The zero-order chi connectivity index (χ0) is 10.7. The Labute approximate surface area is 98.4 Å². The third kappa shape index (κ3) is 3.21. The Balaban J connectivity index is 1.80. The lowest BCUT2D eigenvalue weighted by Crippen LogP contribution is -2.36. The Kier molecular flexibility index (Phi) is 3.31. The fourth-order valence-electron chi connectivity index (χ4n) is 1.33. The van der Waals surface area contributed by atoms with Gasteiger partial charge in [-0.2, -0.15) is 0 Å². The van der Waals surface area contributed by atoms with E-state index in [-0.39, 0.29) is 5.54 Å². The number of nitrogens with zero attached hydrogens (tertiary/aromatic N) is 2. The van der Waals surface area contributed by atoms with Crippen molar-refractivity contribution < 1.29 is 0 Å². The maximum absolute atomic E-state index is 4.53. The standard InChI is InChI=1S/C10H15N3S2/c1-10(2)6-15-9(13-10)11-4-3-8-5-14-7-12-8/h5,7H,3-4,6H2,1-2H3,(H,11,13). The molecule has 1 aromatic heterocycles. The predicted octanol–water partition coefficient (Wildman–Crippen LogP) is 2.16. The summed E-state index contributed by atoms with van der Waals surface area (Å²) in [5.41, 5.74) is 3.21. The van der Waals surface area contributed by atoms with E-state index in [1.807, 2.05) is 17.3 Å². The number of thiazole rings is 1. The zero-order valence-corrected chi connectivity index (χ0v) is 10.6. The molecule has 0 saturated carbocycles. The van der Waals surface area contributed by atoms with Gasteiger partial charge in [0, 0.05) is 29.6 Å². The van der Waals surface area contributed by atoms with Crippen molar-refractivity contribution in [3.8, 4) is 0 Å². The Morgan fingerprint density at radius 3 is 3.07 bits per heavy atom. The molecule has 0 atom stereocenters. The normalized spacial score (nSPS) is 21.9. The number of nitrogens with one attached hydrogen (secondary N) is 1. The van der Waals surface area contributed by atoms with Crippen LogP contribution in [0.1, 0.15) is 19.5 Å². The van der Waals surface area contributed by atoms with Crippen LogP contribution < -0.4 is 5.32 Å². The van der Waals surface area contributed by atoms with Gasteiger partial charge in [-0.3, -0.25) is 4.99 Å². The first-order valence-corrected chi connectivity index (χ1v) is 6.91. The van der Waals surface area contributed by atoms with Crippen LogP contribution in [-0.2, 0) is 6.42 Å². The van der Waals surface area contributed by atoms with Crippen molar-refractivity contribution in [3.63, 3.8) is 0 Å². The van der Waals surface area contributed by atoms with Crippen molar-refractivity contribution in [2.24, 2.45) is 4.99 Å². The topological polar surface area (TPSA) is 37.3 Å². The van der Waals surface area contributed by atoms with Crippen molar-refractivity contribution in [2.75, 3.05) is 12.3 Å². The van der Waals surface area contributed by atoms with E-state index in [2.05, 4.69) is 34.5 Å². The molecule has 3 nitrogen and oxygen atoms in total. The molecule has 5 heteroatoms. The van der Waals surface area contributed by atoms with Gasteiger partial charge in [0.25, 0.3) is 0 Å². The number of hydrogen-bond donors (Lipinski definition) is 1. The van der Waals surface area contributed by atoms with Crippen LogP contribution in [0.15, 0.2) is 15.9 Å². The lowest BCUT2D eigenvalue weighted by atomic mass is 10.1. The SMILES string of the molecule is CC1(C)CSC(=NCCc2cscn2)N1. The summed E-state index contributed by atoms with van der Waals surface area (Å²) in [6.45, 7) is 5.22. The van der Waals surface area contributed by atoms with Crippen molar-refractivity contribution in [3.05, 3.63) is 16.6 Å². The Hall–Kier alpha value is -0.550. The first-order chi connectivity index (χ1) is 7.16. The van der Waals surface area contributed by atoms with Gasteiger partial charge in [0.15, 0.2) is 5.17 Å². The van der Waals surface area contributed by atoms with E-state index in [1.54, 1.807) is 11.3 Å². The van der Waals surface area contributed by atoms with Crippen LogP contribution in [0.3, 0.4) is 0 Å². The molecule has 0 radical (unpaired) electrons. The molecule has 0 spiro atoms. The molecule has 1 N–H and O–H groups in total. The van der Waals surface area contributed by atoms with Crippen molar-refractivity contribution in [1.29, 1.82) is 0 Å². The molecule has 15 heavy (non-hydrogen) atoms. The summed E-state index contributed by atoms with van der Waals surface area (Å²) in [5, 5.41) is 6.57. The second-order valence-electron chi connectivity index (χ2n) is 4.21. The molecule has 1 aliphatic rings. The summed E-state index contributed by atoms with van der Waals surface area (Å²) in [6.07, 6.45) is 0.940. The molecule has 0 unspecified atom stereocenters. The zero-order valence-electron chi connectivity index (χ0n) is 8.99. The van der Waals surface area contributed by atoms with Crippen LogP contribution in [0.25, 0.3) is 0 Å². The number of hydrogen-bond acceptors (Lipinski definition) is 4. The number of aliphatic imine (C=N–C) groups is 1. The molecule has 0 aliphatic carbocycles. The van der Waals surface area contributed by atoms with Crippen LogP contribution in [0.4, 0.5) is 0 Å². The maximum Gasteiger partial charge on any atom is 0.157 e. The summed E-state index contributed by atoms with van der Waals surface area (Å²) in [6, 6.07) is 0. The van der Waals surface area contributed by atoms with Crippen LogP contribution >= 0.6 is 23.1 Å². The van der Waals surface area contributed by atoms with Gasteiger partial charge in [-0.05, 0) is 13.8 Å². The van der Waals surface area contributed by atoms with E-state index in [0.717, 1.165) is 29.6 Å². The van der Waals surface area contributed by atoms with Gasteiger partial charge in [-0.15, -0.1) is 11.3 Å². The van der Waals surface area contributed by atoms with E-state index in [1.165, 1.54) is 0 Å². The van der Waals surface area contributed by atoms with E-state index < -0.39 is 0 Å².